The molecule has 0 heterocycles. The van der Waals surface area contributed by atoms with Crippen LogP contribution in [0.15, 0.2) is 206 Å². The summed E-state index contributed by atoms with van der Waals surface area (Å²) in [5.74, 6) is 0. The largest absolute Gasteiger partial charge is 0.310 e. The number of nitrogens with zero attached hydrogens (tertiary/aromatic N) is 2. The van der Waals surface area contributed by atoms with E-state index in [0.29, 0.717) is 0 Å². The molecule has 0 aliphatic heterocycles. The lowest BCUT2D eigenvalue weighted by Crippen LogP contribution is -2.21. The number of hydrogen-bond acceptors (Lipinski definition) is 2. The first-order chi connectivity index (χ1) is 28.2. The molecule has 0 saturated heterocycles. The van der Waals surface area contributed by atoms with Gasteiger partial charge in [-0.25, -0.2) is 0 Å². The number of benzene rings is 9. The van der Waals surface area contributed by atoms with Crippen molar-refractivity contribution in [3.63, 3.8) is 0 Å². The normalized spacial score (nSPS) is 13.8. The van der Waals surface area contributed by atoms with Gasteiger partial charge in [0.2, 0.25) is 0 Å². The number of fused-ring (bicyclic) bond motifs is 7. The van der Waals surface area contributed by atoms with Crippen LogP contribution in [-0.4, -0.2) is 0 Å². The highest BCUT2D eigenvalue weighted by Crippen LogP contribution is 2.58. The Kier molecular flexibility index (Phi) is 8.03. The Hall–Kier alpha value is -6.90. The van der Waals surface area contributed by atoms with E-state index >= 15 is 0 Å². The van der Waals surface area contributed by atoms with Crippen molar-refractivity contribution in [1.82, 2.24) is 0 Å². The van der Waals surface area contributed by atoms with Gasteiger partial charge in [-0.1, -0.05) is 158 Å². The summed E-state index contributed by atoms with van der Waals surface area (Å²) >= 11 is 0. The molecule has 0 bridgehead atoms. The highest BCUT2D eigenvalue weighted by Gasteiger charge is 2.45. The minimum atomic E-state index is 0.103. The van der Waals surface area contributed by atoms with Gasteiger partial charge >= 0.3 is 0 Å². The second-order valence-electron chi connectivity index (χ2n) is 15.7. The molecule has 2 aliphatic rings. The maximum Gasteiger partial charge on any atom is 0.0540 e. The van der Waals surface area contributed by atoms with E-state index < -0.39 is 0 Å². The Bertz CT molecular complexity index is 2890. The van der Waals surface area contributed by atoms with Gasteiger partial charge in [0.05, 0.1) is 11.4 Å². The Morgan fingerprint density at radius 2 is 0.789 bits per heavy atom. The van der Waals surface area contributed by atoms with E-state index in [4.69, 9.17) is 0 Å². The number of rotatable bonds is 7. The first-order valence-electron chi connectivity index (χ1n) is 20.3. The van der Waals surface area contributed by atoms with Gasteiger partial charge in [0.15, 0.2) is 0 Å². The van der Waals surface area contributed by atoms with Crippen LogP contribution in [0.1, 0.15) is 36.8 Å². The van der Waals surface area contributed by atoms with Crippen molar-refractivity contribution < 1.29 is 0 Å². The molecular weight excluding hydrogens is 689 g/mol. The lowest BCUT2D eigenvalue weighted by Gasteiger charge is -2.30. The summed E-state index contributed by atoms with van der Waals surface area (Å²) in [6.45, 7) is 0. The van der Waals surface area contributed by atoms with Crippen molar-refractivity contribution in [3.05, 3.63) is 217 Å². The van der Waals surface area contributed by atoms with Crippen LogP contribution in [0.4, 0.5) is 34.1 Å². The van der Waals surface area contributed by atoms with Gasteiger partial charge in [0.1, 0.15) is 0 Å². The maximum atomic E-state index is 2.52. The molecule has 2 nitrogen and oxygen atoms in total. The summed E-state index contributed by atoms with van der Waals surface area (Å²) in [6.07, 6.45) is 4.99. The van der Waals surface area contributed by atoms with Crippen LogP contribution in [-0.2, 0) is 5.41 Å². The van der Waals surface area contributed by atoms with Crippen molar-refractivity contribution >= 4 is 55.7 Å². The fourth-order valence-corrected chi connectivity index (χ4v) is 9.94. The molecule has 1 fully saturated rings. The van der Waals surface area contributed by atoms with E-state index in [1.165, 1.54) is 97.7 Å². The first kappa shape index (κ1) is 33.4. The quantitative estimate of drug-likeness (QED) is 0.161. The predicted molar refractivity (Wildman–Crippen MR) is 241 cm³/mol. The molecule has 1 saturated carbocycles. The molecule has 0 N–H and O–H groups in total. The highest BCUT2D eigenvalue weighted by atomic mass is 15.1. The molecule has 57 heavy (non-hydrogen) atoms. The average Bonchev–Trinajstić information content (AvgIpc) is 3.88. The summed E-state index contributed by atoms with van der Waals surface area (Å²) in [5.41, 5.74) is 15.3. The van der Waals surface area contributed by atoms with Crippen LogP contribution in [0.2, 0.25) is 0 Å². The van der Waals surface area contributed by atoms with E-state index in [9.17, 15) is 0 Å². The van der Waals surface area contributed by atoms with Crippen LogP contribution in [0.25, 0.3) is 43.8 Å². The summed E-state index contributed by atoms with van der Waals surface area (Å²) < 4.78 is 0. The van der Waals surface area contributed by atoms with E-state index in [0.717, 1.165) is 17.1 Å². The van der Waals surface area contributed by atoms with Gasteiger partial charge in [-0.05, 0) is 118 Å². The monoisotopic (exact) mass is 730 g/mol. The average molecular weight is 731 g/mol. The van der Waals surface area contributed by atoms with Gasteiger partial charge in [-0.3, -0.25) is 0 Å². The molecule has 0 amide bonds. The molecule has 0 atom stereocenters. The number of hydrogen-bond donors (Lipinski definition) is 0. The van der Waals surface area contributed by atoms with E-state index in [1.807, 2.05) is 0 Å². The molecule has 0 radical (unpaired) electrons. The zero-order valence-corrected chi connectivity index (χ0v) is 31.9. The molecule has 0 aromatic heterocycles. The van der Waals surface area contributed by atoms with Crippen LogP contribution < -0.4 is 9.80 Å². The van der Waals surface area contributed by atoms with E-state index in [1.54, 1.807) is 0 Å². The van der Waals surface area contributed by atoms with Gasteiger partial charge < -0.3 is 9.80 Å². The fraction of sp³-hybridized carbons (Fsp3) is 0.0909. The third-order valence-corrected chi connectivity index (χ3v) is 12.6. The van der Waals surface area contributed by atoms with Crippen LogP contribution in [0.5, 0.6) is 0 Å². The molecule has 11 rings (SSSR count). The molecule has 9 aromatic rings. The van der Waals surface area contributed by atoms with Crippen molar-refractivity contribution in [2.45, 2.75) is 31.1 Å². The lowest BCUT2D eigenvalue weighted by molar-refractivity contribution is 0.550. The summed E-state index contributed by atoms with van der Waals surface area (Å²) in [5, 5.41) is 4.94. The molecular formula is C55H42N2. The zero-order chi connectivity index (χ0) is 37.8. The van der Waals surface area contributed by atoms with Gasteiger partial charge in [0.25, 0.3) is 0 Å². The zero-order valence-electron chi connectivity index (χ0n) is 31.9. The van der Waals surface area contributed by atoms with Crippen LogP contribution in [0, 0.1) is 0 Å². The number of para-hydroxylation sites is 1. The topological polar surface area (TPSA) is 6.48 Å². The standard InChI is InChI=1S/C55H42N2/c1-2-18-43(19-3-1)56(53-24-12-16-41-14-4-6-20-47(41)53)44-30-26-39(27-31-44)40-28-32-45(33-29-40)57(54-25-13-17-42-15-5-7-21-48(42)54)46-34-35-50-49-22-8-9-23-51(49)55(52(50)38-46)36-10-11-37-55/h1-9,12-35,38H,10-11,36-37H2. The molecule has 0 unspecified atom stereocenters. The first-order valence-corrected chi connectivity index (χ1v) is 20.3. The predicted octanol–water partition coefficient (Wildman–Crippen LogP) is 15.4. The fourth-order valence-electron chi connectivity index (χ4n) is 9.94. The molecule has 1 spiro atoms. The van der Waals surface area contributed by atoms with Gasteiger partial charge in [0, 0.05) is 38.9 Å². The summed E-state index contributed by atoms with van der Waals surface area (Å²) in [4.78, 5) is 4.84. The minimum Gasteiger partial charge on any atom is -0.310 e. The summed E-state index contributed by atoms with van der Waals surface area (Å²) in [7, 11) is 0. The van der Waals surface area contributed by atoms with Crippen molar-refractivity contribution in [2.24, 2.45) is 0 Å². The molecule has 272 valence electrons. The van der Waals surface area contributed by atoms with E-state index in [-0.39, 0.29) is 5.41 Å². The second kappa shape index (κ2) is 13.7. The summed E-state index contributed by atoms with van der Waals surface area (Å²) in [6, 6.07) is 75.9. The minimum absolute atomic E-state index is 0.103. The SMILES string of the molecule is c1ccc(N(c2ccc(-c3ccc(N(c4ccc5c(c4)C4(CCCC4)c4ccccc4-5)c4cccc5ccccc45)cc3)cc2)c2cccc3ccccc23)cc1. The maximum absolute atomic E-state index is 2.52. The third-order valence-electron chi connectivity index (χ3n) is 12.6. The van der Waals surface area contributed by atoms with Gasteiger partial charge in [-0.15, -0.1) is 0 Å². The van der Waals surface area contributed by atoms with Crippen LogP contribution >= 0.6 is 0 Å². The van der Waals surface area contributed by atoms with Crippen molar-refractivity contribution in [1.29, 1.82) is 0 Å². The third kappa shape index (κ3) is 5.55. The van der Waals surface area contributed by atoms with E-state index in [2.05, 4.69) is 216 Å². The smallest absolute Gasteiger partial charge is 0.0540 e. The van der Waals surface area contributed by atoms with Gasteiger partial charge in [-0.2, -0.15) is 0 Å². The number of anilines is 6. The molecule has 9 aromatic carbocycles. The molecule has 2 heteroatoms. The Morgan fingerprint density at radius 1 is 0.333 bits per heavy atom. The Labute approximate surface area is 334 Å². The Morgan fingerprint density at radius 3 is 1.40 bits per heavy atom. The van der Waals surface area contributed by atoms with Crippen molar-refractivity contribution in [2.75, 3.05) is 9.80 Å². The second-order valence-corrected chi connectivity index (χ2v) is 15.7. The highest BCUT2D eigenvalue weighted by molar-refractivity contribution is 6.00. The molecule has 2 aliphatic carbocycles. The Balaban J connectivity index is 0.987. The lowest BCUT2D eigenvalue weighted by atomic mass is 9.76. The van der Waals surface area contributed by atoms with Crippen LogP contribution in [0.3, 0.4) is 0 Å². The van der Waals surface area contributed by atoms with Crippen molar-refractivity contribution in [3.8, 4) is 22.3 Å².